The maximum atomic E-state index is 12.0. The van der Waals surface area contributed by atoms with Crippen LogP contribution in [0.15, 0.2) is 24.3 Å². The topological polar surface area (TPSA) is 56.6 Å². The third kappa shape index (κ3) is 3.49. The number of hydrogen-bond donors (Lipinski definition) is 0. The fourth-order valence-electron chi connectivity index (χ4n) is 2.22. The first kappa shape index (κ1) is 14.4. The Hall–Kier alpha value is -2.06. The van der Waals surface area contributed by atoms with E-state index in [0.29, 0.717) is 30.4 Å². The number of carbonyl (C=O) groups is 1. The lowest BCUT2D eigenvalue weighted by Crippen LogP contribution is -2.51. The van der Waals surface area contributed by atoms with Crippen LogP contribution in [0.2, 0.25) is 0 Å². The summed E-state index contributed by atoms with van der Waals surface area (Å²) < 4.78 is 5.31. The van der Waals surface area contributed by atoms with Crippen molar-refractivity contribution < 1.29 is 9.53 Å². The van der Waals surface area contributed by atoms with Crippen LogP contribution in [-0.2, 0) is 0 Å². The van der Waals surface area contributed by atoms with Gasteiger partial charge in [0.2, 0.25) is 0 Å². The monoisotopic (exact) mass is 273 g/mol. The van der Waals surface area contributed by atoms with Crippen LogP contribution >= 0.6 is 0 Å². The fourth-order valence-corrected chi connectivity index (χ4v) is 2.22. The van der Waals surface area contributed by atoms with Crippen LogP contribution < -0.4 is 4.74 Å². The summed E-state index contributed by atoms with van der Waals surface area (Å²) in [6, 6.07) is 9.17. The van der Waals surface area contributed by atoms with E-state index in [1.54, 1.807) is 29.2 Å². The molecule has 1 aromatic carbocycles. The minimum absolute atomic E-state index is 0.344. The van der Waals surface area contributed by atoms with Gasteiger partial charge in [0.05, 0.1) is 11.6 Å². The molecule has 1 saturated heterocycles. The van der Waals surface area contributed by atoms with Gasteiger partial charge in [-0.25, -0.2) is 4.79 Å². The summed E-state index contributed by atoms with van der Waals surface area (Å²) in [5, 5.41) is 8.82. The second-order valence-electron chi connectivity index (χ2n) is 5.12. The zero-order chi connectivity index (χ0) is 14.5. The van der Waals surface area contributed by atoms with E-state index in [1.807, 2.05) is 6.07 Å². The lowest BCUT2D eigenvalue weighted by Gasteiger charge is -2.36. The molecule has 0 N–H and O–H groups in total. The predicted molar refractivity (Wildman–Crippen MR) is 75.5 cm³/mol. The highest BCUT2D eigenvalue weighted by Crippen LogP contribution is 2.15. The normalized spacial score (nSPS) is 16.0. The Morgan fingerprint density at radius 1 is 1.30 bits per heavy atom. The van der Waals surface area contributed by atoms with Crippen molar-refractivity contribution in [2.75, 3.05) is 26.2 Å². The minimum atomic E-state index is -0.344. The van der Waals surface area contributed by atoms with Crippen LogP contribution in [0.4, 0.5) is 4.79 Å². The molecule has 2 rings (SSSR count). The van der Waals surface area contributed by atoms with E-state index in [0.717, 1.165) is 13.1 Å². The molecule has 1 amide bonds. The Kier molecular flexibility index (Phi) is 4.59. The molecule has 0 unspecified atom stereocenters. The number of benzene rings is 1. The summed E-state index contributed by atoms with van der Waals surface area (Å²) in [5.41, 5.74) is 0.486. The molecule has 20 heavy (non-hydrogen) atoms. The molecule has 5 nitrogen and oxygen atoms in total. The van der Waals surface area contributed by atoms with E-state index < -0.39 is 0 Å². The number of nitriles is 1. The lowest BCUT2D eigenvalue weighted by molar-refractivity contribution is 0.0969. The third-order valence-corrected chi connectivity index (χ3v) is 3.47. The number of amides is 1. The van der Waals surface area contributed by atoms with Crippen molar-refractivity contribution in [2.24, 2.45) is 0 Å². The summed E-state index contributed by atoms with van der Waals surface area (Å²) in [7, 11) is 0. The molecule has 0 aromatic heterocycles. The van der Waals surface area contributed by atoms with Gasteiger partial charge in [0.1, 0.15) is 5.75 Å². The molecule has 0 aliphatic carbocycles. The van der Waals surface area contributed by atoms with Crippen molar-refractivity contribution in [3.8, 4) is 11.8 Å². The zero-order valence-electron chi connectivity index (χ0n) is 11.9. The maximum absolute atomic E-state index is 12.0. The van der Waals surface area contributed by atoms with E-state index in [4.69, 9.17) is 10.00 Å². The van der Waals surface area contributed by atoms with Gasteiger partial charge in [-0.2, -0.15) is 5.26 Å². The Morgan fingerprint density at radius 2 is 2.00 bits per heavy atom. The van der Waals surface area contributed by atoms with Crippen LogP contribution in [0.1, 0.15) is 19.4 Å². The van der Waals surface area contributed by atoms with Crippen LogP contribution in [0.5, 0.6) is 5.75 Å². The predicted octanol–water partition coefficient (Wildman–Crippen LogP) is 2.08. The zero-order valence-corrected chi connectivity index (χ0v) is 11.9. The Bertz CT molecular complexity index is 514. The van der Waals surface area contributed by atoms with Gasteiger partial charge in [0.15, 0.2) is 0 Å². The number of rotatable bonds is 2. The molecule has 1 heterocycles. The smallest absolute Gasteiger partial charge is 0.410 e. The SMILES string of the molecule is CC(C)N1CCN(C(=O)Oc2cccc(C#N)c2)CC1. The molecule has 0 radical (unpaired) electrons. The number of nitrogens with zero attached hydrogens (tertiary/aromatic N) is 3. The van der Waals surface area contributed by atoms with Gasteiger partial charge in [0, 0.05) is 32.2 Å². The van der Waals surface area contributed by atoms with E-state index in [1.165, 1.54) is 0 Å². The van der Waals surface area contributed by atoms with Gasteiger partial charge in [-0.15, -0.1) is 0 Å². The van der Waals surface area contributed by atoms with Crippen LogP contribution in [0.3, 0.4) is 0 Å². The van der Waals surface area contributed by atoms with E-state index in [-0.39, 0.29) is 6.09 Å². The summed E-state index contributed by atoms with van der Waals surface area (Å²) in [5.74, 6) is 0.417. The third-order valence-electron chi connectivity index (χ3n) is 3.47. The molecular formula is C15H19N3O2. The van der Waals surface area contributed by atoms with Gasteiger partial charge in [0.25, 0.3) is 0 Å². The van der Waals surface area contributed by atoms with Crippen LogP contribution in [-0.4, -0.2) is 48.1 Å². The van der Waals surface area contributed by atoms with E-state index >= 15 is 0 Å². The lowest BCUT2D eigenvalue weighted by atomic mass is 10.2. The first-order chi connectivity index (χ1) is 9.60. The summed E-state index contributed by atoms with van der Waals surface area (Å²) in [6.07, 6.45) is -0.344. The van der Waals surface area contributed by atoms with Crippen LogP contribution in [0, 0.1) is 11.3 Å². The van der Waals surface area contributed by atoms with E-state index in [2.05, 4.69) is 18.7 Å². The summed E-state index contributed by atoms with van der Waals surface area (Å²) in [6.45, 7) is 7.39. The number of piperazine rings is 1. The van der Waals surface area contributed by atoms with Gasteiger partial charge < -0.3 is 9.64 Å². The molecule has 0 saturated carbocycles. The Morgan fingerprint density at radius 3 is 2.60 bits per heavy atom. The van der Waals surface area contributed by atoms with Gasteiger partial charge in [-0.05, 0) is 32.0 Å². The van der Waals surface area contributed by atoms with Crippen molar-refractivity contribution in [1.29, 1.82) is 5.26 Å². The molecule has 5 heteroatoms. The Balaban J connectivity index is 1.91. The second-order valence-corrected chi connectivity index (χ2v) is 5.12. The van der Waals surface area contributed by atoms with Crippen molar-refractivity contribution in [1.82, 2.24) is 9.80 Å². The molecule has 1 aromatic rings. The van der Waals surface area contributed by atoms with Gasteiger partial charge in [-0.1, -0.05) is 6.07 Å². The molecular weight excluding hydrogens is 254 g/mol. The molecule has 0 spiro atoms. The number of hydrogen-bond acceptors (Lipinski definition) is 4. The van der Waals surface area contributed by atoms with Gasteiger partial charge >= 0.3 is 6.09 Å². The average Bonchev–Trinajstić information content (AvgIpc) is 2.47. The molecule has 1 aliphatic rings. The highest BCUT2D eigenvalue weighted by molar-refractivity contribution is 5.71. The second kappa shape index (κ2) is 6.40. The number of ether oxygens (including phenoxy) is 1. The Labute approximate surface area is 119 Å². The van der Waals surface area contributed by atoms with E-state index in [9.17, 15) is 4.79 Å². The molecule has 1 fully saturated rings. The first-order valence-electron chi connectivity index (χ1n) is 6.81. The van der Waals surface area contributed by atoms with Crippen molar-refractivity contribution in [3.63, 3.8) is 0 Å². The van der Waals surface area contributed by atoms with Crippen molar-refractivity contribution >= 4 is 6.09 Å². The quantitative estimate of drug-likeness (QED) is 0.828. The largest absolute Gasteiger partial charge is 0.415 e. The maximum Gasteiger partial charge on any atom is 0.415 e. The summed E-state index contributed by atoms with van der Waals surface area (Å²) >= 11 is 0. The number of carbonyl (C=O) groups excluding carboxylic acids is 1. The molecule has 106 valence electrons. The fraction of sp³-hybridized carbons (Fsp3) is 0.467. The summed E-state index contributed by atoms with van der Waals surface area (Å²) in [4.78, 5) is 16.1. The molecule has 1 aliphatic heterocycles. The van der Waals surface area contributed by atoms with Gasteiger partial charge in [-0.3, -0.25) is 4.90 Å². The molecule has 0 bridgehead atoms. The van der Waals surface area contributed by atoms with Crippen molar-refractivity contribution in [2.45, 2.75) is 19.9 Å². The van der Waals surface area contributed by atoms with Crippen LogP contribution in [0.25, 0.3) is 0 Å². The highest BCUT2D eigenvalue weighted by Gasteiger charge is 2.23. The average molecular weight is 273 g/mol. The molecule has 0 atom stereocenters. The highest BCUT2D eigenvalue weighted by atomic mass is 16.6. The first-order valence-corrected chi connectivity index (χ1v) is 6.81. The standard InChI is InChI=1S/C15H19N3O2/c1-12(2)17-6-8-18(9-7-17)15(19)20-14-5-3-4-13(10-14)11-16/h3-5,10,12H,6-9H2,1-2H3. The minimum Gasteiger partial charge on any atom is -0.410 e. The van der Waals surface area contributed by atoms with Crippen molar-refractivity contribution in [3.05, 3.63) is 29.8 Å².